The summed E-state index contributed by atoms with van der Waals surface area (Å²) in [5.41, 5.74) is 1.47. The monoisotopic (exact) mass is 481 g/mol. The van der Waals surface area contributed by atoms with Gasteiger partial charge in [0.15, 0.2) is 5.11 Å². The van der Waals surface area contributed by atoms with Gasteiger partial charge in [-0.2, -0.15) is 0 Å². The lowest BCUT2D eigenvalue weighted by atomic mass is 10.0. The molecule has 34 heavy (non-hydrogen) atoms. The van der Waals surface area contributed by atoms with Crippen LogP contribution in [0.15, 0.2) is 59.1 Å². The fourth-order valence-electron chi connectivity index (χ4n) is 4.17. The molecule has 0 spiro atoms. The molecule has 1 aliphatic rings. The molecule has 3 heterocycles. The molecule has 1 N–H and O–H groups in total. The predicted molar refractivity (Wildman–Crippen MR) is 133 cm³/mol. The van der Waals surface area contributed by atoms with Crippen LogP contribution in [0.4, 0.5) is 5.69 Å². The number of furan rings is 1. The zero-order valence-electron chi connectivity index (χ0n) is 19.3. The van der Waals surface area contributed by atoms with Crippen LogP contribution < -0.4 is 10.1 Å². The Morgan fingerprint density at radius 1 is 1.26 bits per heavy atom. The lowest BCUT2D eigenvalue weighted by molar-refractivity contribution is -0.384. The van der Waals surface area contributed by atoms with Crippen LogP contribution in [-0.4, -0.2) is 59.1 Å². The Hall–Kier alpha value is -3.50. The van der Waals surface area contributed by atoms with Gasteiger partial charge in [0.1, 0.15) is 23.3 Å². The number of hydrogen-bond donors (Lipinski definition) is 1. The Bertz CT molecular complexity index is 1170. The Morgan fingerprint density at radius 3 is 2.76 bits per heavy atom. The van der Waals surface area contributed by atoms with Crippen molar-refractivity contribution in [1.29, 1.82) is 0 Å². The van der Waals surface area contributed by atoms with Gasteiger partial charge >= 0.3 is 0 Å². The highest BCUT2D eigenvalue weighted by Gasteiger charge is 2.41. The second-order valence-corrected chi connectivity index (χ2v) is 8.71. The Kier molecular flexibility index (Phi) is 7.09. The quantitative estimate of drug-likeness (QED) is 0.274. The van der Waals surface area contributed by atoms with E-state index in [0.29, 0.717) is 22.2 Å². The molecular formula is C24H27N5O4S. The summed E-state index contributed by atoms with van der Waals surface area (Å²) in [7, 11) is 5.57. The number of nitrogens with one attached hydrogen (secondary N) is 1. The van der Waals surface area contributed by atoms with Gasteiger partial charge in [-0.05, 0) is 69.6 Å². The van der Waals surface area contributed by atoms with E-state index in [1.54, 1.807) is 12.3 Å². The maximum Gasteiger partial charge on any atom is 0.273 e. The van der Waals surface area contributed by atoms with Crippen molar-refractivity contribution in [2.24, 2.45) is 0 Å². The Morgan fingerprint density at radius 2 is 2.09 bits per heavy atom. The summed E-state index contributed by atoms with van der Waals surface area (Å²) in [6.07, 6.45) is 2.70. The van der Waals surface area contributed by atoms with Crippen LogP contribution in [0.25, 0.3) is 11.3 Å². The highest BCUT2D eigenvalue weighted by atomic mass is 32.1. The normalized spacial score (nSPS) is 17.8. The number of nitro groups is 1. The van der Waals surface area contributed by atoms with E-state index in [9.17, 15) is 10.1 Å². The average molecular weight is 482 g/mol. The van der Waals surface area contributed by atoms with Crippen molar-refractivity contribution in [1.82, 2.24) is 20.1 Å². The van der Waals surface area contributed by atoms with Crippen molar-refractivity contribution in [3.05, 3.63) is 76.3 Å². The van der Waals surface area contributed by atoms with Crippen LogP contribution in [0.1, 0.15) is 30.0 Å². The predicted octanol–water partition coefficient (Wildman–Crippen LogP) is 4.18. The molecule has 2 unspecified atom stereocenters. The number of ether oxygens (including phenoxy) is 1. The number of rotatable bonds is 9. The molecule has 0 bridgehead atoms. The highest BCUT2D eigenvalue weighted by Crippen LogP contribution is 2.42. The van der Waals surface area contributed by atoms with Gasteiger partial charge in [-0.1, -0.05) is 6.07 Å². The third kappa shape index (κ3) is 4.87. The lowest BCUT2D eigenvalue weighted by Gasteiger charge is -2.26. The summed E-state index contributed by atoms with van der Waals surface area (Å²) in [6, 6.07) is 13.7. The third-order valence-electron chi connectivity index (χ3n) is 5.78. The Labute approximate surface area is 203 Å². The van der Waals surface area contributed by atoms with E-state index in [4.69, 9.17) is 21.4 Å². The first kappa shape index (κ1) is 23.7. The molecule has 0 amide bonds. The smallest absolute Gasteiger partial charge is 0.273 e. The maximum absolute atomic E-state index is 11.2. The number of pyridine rings is 1. The van der Waals surface area contributed by atoms with Gasteiger partial charge in [0.25, 0.3) is 5.69 Å². The van der Waals surface area contributed by atoms with Crippen molar-refractivity contribution in [3.63, 3.8) is 0 Å². The summed E-state index contributed by atoms with van der Waals surface area (Å²) in [5, 5.41) is 15.2. The van der Waals surface area contributed by atoms with E-state index in [1.807, 2.05) is 44.4 Å². The number of hydrogen-bond acceptors (Lipinski definition) is 7. The summed E-state index contributed by atoms with van der Waals surface area (Å²) in [6.45, 7) is 1.69. The molecule has 2 aromatic heterocycles. The molecule has 1 fully saturated rings. The number of thiocarbonyl (C=S) groups is 1. The molecule has 178 valence electrons. The average Bonchev–Trinajstić information content (AvgIpc) is 3.43. The fraction of sp³-hybridized carbons (Fsp3) is 0.333. The fourth-order valence-corrected chi connectivity index (χ4v) is 4.50. The summed E-state index contributed by atoms with van der Waals surface area (Å²) in [5.74, 6) is 1.66. The summed E-state index contributed by atoms with van der Waals surface area (Å²) >= 11 is 5.70. The van der Waals surface area contributed by atoms with E-state index >= 15 is 0 Å². The highest BCUT2D eigenvalue weighted by molar-refractivity contribution is 7.80. The topological polar surface area (TPSA) is 96.9 Å². The molecule has 9 nitrogen and oxygen atoms in total. The van der Waals surface area contributed by atoms with Gasteiger partial charge in [-0.15, -0.1) is 0 Å². The van der Waals surface area contributed by atoms with Crippen molar-refractivity contribution < 1.29 is 14.1 Å². The van der Waals surface area contributed by atoms with Gasteiger partial charge in [0, 0.05) is 18.8 Å². The molecule has 1 aromatic carbocycles. The summed E-state index contributed by atoms with van der Waals surface area (Å²) < 4.78 is 11.7. The van der Waals surface area contributed by atoms with Crippen molar-refractivity contribution in [2.75, 3.05) is 34.3 Å². The van der Waals surface area contributed by atoms with E-state index in [-0.39, 0.29) is 17.8 Å². The minimum atomic E-state index is -0.450. The van der Waals surface area contributed by atoms with Gasteiger partial charge < -0.3 is 24.3 Å². The summed E-state index contributed by atoms with van der Waals surface area (Å²) in [4.78, 5) is 19.5. The van der Waals surface area contributed by atoms with E-state index < -0.39 is 4.92 Å². The van der Waals surface area contributed by atoms with Crippen LogP contribution in [0, 0.1) is 10.1 Å². The van der Waals surface area contributed by atoms with Crippen LogP contribution in [-0.2, 0) is 0 Å². The van der Waals surface area contributed by atoms with E-state index in [0.717, 1.165) is 31.0 Å². The van der Waals surface area contributed by atoms with Gasteiger partial charge in [0.05, 0.1) is 35.4 Å². The number of benzene rings is 1. The van der Waals surface area contributed by atoms with Crippen molar-refractivity contribution >= 4 is 23.0 Å². The first-order valence-electron chi connectivity index (χ1n) is 10.9. The molecule has 1 aliphatic heterocycles. The minimum Gasteiger partial charge on any atom is -0.496 e. The maximum atomic E-state index is 11.2. The van der Waals surface area contributed by atoms with Gasteiger partial charge in [-0.3, -0.25) is 15.1 Å². The molecule has 10 heteroatoms. The van der Waals surface area contributed by atoms with Crippen molar-refractivity contribution in [2.45, 2.75) is 18.5 Å². The second kappa shape index (κ2) is 10.2. The van der Waals surface area contributed by atoms with E-state index in [1.165, 1.54) is 19.2 Å². The zero-order chi connectivity index (χ0) is 24.2. The molecular weight excluding hydrogens is 454 g/mol. The van der Waals surface area contributed by atoms with Gasteiger partial charge in [0.2, 0.25) is 0 Å². The number of aromatic nitrogens is 1. The van der Waals surface area contributed by atoms with Gasteiger partial charge in [-0.25, -0.2) is 0 Å². The molecule has 2 atom stereocenters. The largest absolute Gasteiger partial charge is 0.496 e. The van der Waals surface area contributed by atoms with Crippen LogP contribution in [0.5, 0.6) is 5.75 Å². The molecule has 0 saturated carbocycles. The number of nitro benzene ring substituents is 1. The molecule has 0 radical (unpaired) electrons. The van der Waals surface area contributed by atoms with Crippen LogP contribution in [0.2, 0.25) is 0 Å². The lowest BCUT2D eigenvalue weighted by Crippen LogP contribution is -2.32. The second-order valence-electron chi connectivity index (χ2n) is 8.32. The molecule has 0 aliphatic carbocycles. The number of non-ortho nitro benzene ring substituents is 1. The molecule has 1 saturated heterocycles. The zero-order valence-corrected chi connectivity index (χ0v) is 20.1. The van der Waals surface area contributed by atoms with Crippen LogP contribution >= 0.6 is 12.2 Å². The molecule has 4 rings (SSSR count). The minimum absolute atomic E-state index is 0.0417. The molecule has 3 aromatic rings. The van der Waals surface area contributed by atoms with Crippen molar-refractivity contribution in [3.8, 4) is 17.1 Å². The Balaban J connectivity index is 1.69. The van der Waals surface area contributed by atoms with Crippen LogP contribution in [0.3, 0.4) is 0 Å². The number of methoxy groups -OCH3 is 1. The first-order chi connectivity index (χ1) is 16.4. The first-order valence-corrected chi connectivity index (χ1v) is 11.3. The number of nitrogens with zero attached hydrogens (tertiary/aromatic N) is 4. The third-order valence-corrected chi connectivity index (χ3v) is 6.13. The van der Waals surface area contributed by atoms with E-state index in [2.05, 4.69) is 20.1 Å². The standard InChI is InChI=1S/C24H27N5O4S/c1-27(2)13-6-14-28-23(22(26-24(28)34)18-7-4-5-12-25-18)20-11-10-19(33-20)17-9-8-16(29(30)31)15-21(17)32-3/h4-5,7-12,15,22-23H,6,13-14H2,1-3H3,(H,26,34). The SMILES string of the molecule is COc1cc([N+](=O)[O-])ccc1-c1ccc(C2C(c3ccccn3)NC(=S)N2CCCN(C)C)o1.